The first-order chi connectivity index (χ1) is 8.22. The van der Waals surface area contributed by atoms with Gasteiger partial charge in [-0.15, -0.1) is 12.4 Å². The third-order valence-corrected chi connectivity index (χ3v) is 2.89. The van der Waals surface area contributed by atoms with Gasteiger partial charge in [0.15, 0.2) is 0 Å². The Hall–Kier alpha value is -1.39. The topological polar surface area (TPSA) is 51.2 Å². The lowest BCUT2D eigenvalue weighted by Gasteiger charge is -2.15. The van der Waals surface area contributed by atoms with E-state index in [9.17, 15) is 4.79 Å². The second-order valence-electron chi connectivity index (χ2n) is 4.00. The summed E-state index contributed by atoms with van der Waals surface area (Å²) in [6, 6.07) is 3.67. The summed E-state index contributed by atoms with van der Waals surface area (Å²) >= 11 is 0. The van der Waals surface area contributed by atoms with Crippen LogP contribution >= 0.6 is 12.4 Å². The molecule has 4 nitrogen and oxygen atoms in total. The van der Waals surface area contributed by atoms with Crippen LogP contribution in [0.3, 0.4) is 0 Å². The standard InChI is InChI=1S/C13H16N2O2.ClH/c1-9-11(10-5-7-14-8-6-10)3-4-12(15-9)13(16)17-2;/h3-5,14H,6-8H2,1-2H3;1H. The predicted octanol–water partition coefficient (Wildman–Crippen LogP) is 1.98. The molecule has 0 bridgehead atoms. The summed E-state index contributed by atoms with van der Waals surface area (Å²) in [6.45, 7) is 3.81. The fraction of sp³-hybridized carbons (Fsp3) is 0.385. The van der Waals surface area contributed by atoms with E-state index in [4.69, 9.17) is 0 Å². The SMILES string of the molecule is COC(=O)c1ccc(C2=CCNCC2)c(C)n1.Cl. The van der Waals surface area contributed by atoms with Crippen LogP contribution in [0.4, 0.5) is 0 Å². The summed E-state index contributed by atoms with van der Waals surface area (Å²) in [4.78, 5) is 15.6. The zero-order valence-electron chi connectivity index (χ0n) is 10.5. The predicted molar refractivity (Wildman–Crippen MR) is 73.0 cm³/mol. The van der Waals surface area contributed by atoms with Gasteiger partial charge in [0.05, 0.1) is 7.11 Å². The molecule has 0 aromatic carbocycles. The minimum absolute atomic E-state index is 0. The minimum atomic E-state index is -0.390. The van der Waals surface area contributed by atoms with E-state index in [2.05, 4.69) is 21.1 Å². The Morgan fingerprint density at radius 3 is 2.78 bits per heavy atom. The van der Waals surface area contributed by atoms with Crippen molar-refractivity contribution in [2.75, 3.05) is 20.2 Å². The third kappa shape index (κ3) is 3.09. The summed E-state index contributed by atoms with van der Waals surface area (Å²) in [5.74, 6) is -0.390. The maximum Gasteiger partial charge on any atom is 0.356 e. The zero-order chi connectivity index (χ0) is 12.3. The fourth-order valence-electron chi connectivity index (χ4n) is 1.99. The molecule has 0 fully saturated rings. The van der Waals surface area contributed by atoms with Gasteiger partial charge in [-0.05, 0) is 37.1 Å². The minimum Gasteiger partial charge on any atom is -0.464 e. The van der Waals surface area contributed by atoms with Gasteiger partial charge < -0.3 is 10.1 Å². The van der Waals surface area contributed by atoms with Crippen LogP contribution in [0.15, 0.2) is 18.2 Å². The van der Waals surface area contributed by atoms with Crippen molar-refractivity contribution in [1.82, 2.24) is 10.3 Å². The molecule has 5 heteroatoms. The van der Waals surface area contributed by atoms with Crippen molar-refractivity contribution in [3.63, 3.8) is 0 Å². The number of methoxy groups -OCH3 is 1. The number of aromatic nitrogens is 1. The number of carbonyl (C=O) groups excluding carboxylic acids is 1. The highest BCUT2D eigenvalue weighted by Gasteiger charge is 2.12. The lowest BCUT2D eigenvalue weighted by molar-refractivity contribution is 0.0594. The molecule has 0 spiro atoms. The van der Waals surface area contributed by atoms with Crippen molar-refractivity contribution in [3.05, 3.63) is 35.2 Å². The normalized spacial score (nSPS) is 14.4. The molecule has 18 heavy (non-hydrogen) atoms. The second kappa shape index (κ2) is 6.52. The largest absolute Gasteiger partial charge is 0.464 e. The summed E-state index contributed by atoms with van der Waals surface area (Å²) in [5, 5.41) is 3.27. The van der Waals surface area contributed by atoms with E-state index in [1.54, 1.807) is 6.07 Å². The van der Waals surface area contributed by atoms with Crippen LogP contribution in [0.2, 0.25) is 0 Å². The molecule has 2 heterocycles. The van der Waals surface area contributed by atoms with E-state index < -0.39 is 0 Å². The summed E-state index contributed by atoms with van der Waals surface area (Å²) < 4.78 is 4.65. The molecule has 0 saturated heterocycles. The monoisotopic (exact) mass is 268 g/mol. The van der Waals surface area contributed by atoms with E-state index in [1.165, 1.54) is 12.7 Å². The molecule has 0 radical (unpaired) electrons. The summed E-state index contributed by atoms with van der Waals surface area (Å²) in [5.41, 5.74) is 3.66. The maximum atomic E-state index is 11.3. The lowest BCUT2D eigenvalue weighted by atomic mass is 9.99. The van der Waals surface area contributed by atoms with Crippen molar-refractivity contribution in [3.8, 4) is 0 Å². The van der Waals surface area contributed by atoms with Gasteiger partial charge in [-0.3, -0.25) is 0 Å². The molecular formula is C13H17ClN2O2. The number of pyridine rings is 1. The number of nitrogens with one attached hydrogen (secondary N) is 1. The Balaban J connectivity index is 0.00000162. The van der Waals surface area contributed by atoms with Crippen LogP contribution in [0, 0.1) is 6.92 Å². The van der Waals surface area contributed by atoms with Crippen molar-refractivity contribution >= 4 is 23.9 Å². The first-order valence-electron chi connectivity index (χ1n) is 5.68. The molecular weight excluding hydrogens is 252 g/mol. The molecule has 98 valence electrons. The number of halogens is 1. The first-order valence-corrected chi connectivity index (χ1v) is 5.68. The lowest BCUT2D eigenvalue weighted by Crippen LogP contribution is -2.20. The van der Waals surface area contributed by atoms with Crippen molar-refractivity contribution in [1.29, 1.82) is 0 Å². The van der Waals surface area contributed by atoms with Gasteiger partial charge in [0.2, 0.25) is 0 Å². The molecule has 1 aliphatic heterocycles. The van der Waals surface area contributed by atoms with Crippen LogP contribution in [0.5, 0.6) is 0 Å². The number of hydrogen-bond acceptors (Lipinski definition) is 4. The van der Waals surface area contributed by atoms with Crippen molar-refractivity contribution in [2.45, 2.75) is 13.3 Å². The highest BCUT2D eigenvalue weighted by molar-refractivity contribution is 5.87. The Morgan fingerprint density at radius 1 is 1.44 bits per heavy atom. The van der Waals surface area contributed by atoms with E-state index in [0.717, 1.165) is 30.8 Å². The smallest absolute Gasteiger partial charge is 0.356 e. The van der Waals surface area contributed by atoms with Gasteiger partial charge in [0.25, 0.3) is 0 Å². The van der Waals surface area contributed by atoms with E-state index >= 15 is 0 Å². The number of ether oxygens (including phenoxy) is 1. The third-order valence-electron chi connectivity index (χ3n) is 2.89. The number of aryl methyl sites for hydroxylation is 1. The number of hydrogen-bond donors (Lipinski definition) is 1. The van der Waals surface area contributed by atoms with Gasteiger partial charge in [-0.25, -0.2) is 9.78 Å². The molecule has 0 aliphatic carbocycles. The van der Waals surface area contributed by atoms with Crippen LogP contribution < -0.4 is 5.32 Å². The number of esters is 1. The molecule has 1 N–H and O–H groups in total. The summed E-state index contributed by atoms with van der Waals surface area (Å²) in [6.07, 6.45) is 3.17. The zero-order valence-corrected chi connectivity index (χ0v) is 11.3. The van der Waals surface area contributed by atoms with Gasteiger partial charge in [0, 0.05) is 12.2 Å². The van der Waals surface area contributed by atoms with Gasteiger partial charge in [-0.2, -0.15) is 0 Å². The molecule has 1 aromatic rings. The quantitative estimate of drug-likeness (QED) is 0.834. The average Bonchev–Trinajstić information content (AvgIpc) is 2.38. The van der Waals surface area contributed by atoms with Gasteiger partial charge in [-0.1, -0.05) is 12.1 Å². The molecule has 0 amide bonds. The van der Waals surface area contributed by atoms with E-state index in [1.807, 2.05) is 13.0 Å². The Kier molecular flexibility index (Phi) is 5.31. The number of nitrogens with zero attached hydrogens (tertiary/aromatic N) is 1. The van der Waals surface area contributed by atoms with Crippen LogP contribution in [0.1, 0.15) is 28.2 Å². The molecule has 2 rings (SSSR count). The highest BCUT2D eigenvalue weighted by atomic mass is 35.5. The second-order valence-corrected chi connectivity index (χ2v) is 4.00. The number of rotatable bonds is 2. The summed E-state index contributed by atoms with van der Waals surface area (Å²) in [7, 11) is 1.36. The van der Waals surface area contributed by atoms with E-state index in [0.29, 0.717) is 5.69 Å². The molecule has 1 aromatic heterocycles. The van der Waals surface area contributed by atoms with Crippen molar-refractivity contribution in [2.24, 2.45) is 0 Å². The Labute approximate surface area is 113 Å². The van der Waals surface area contributed by atoms with Crippen LogP contribution in [-0.2, 0) is 4.74 Å². The molecule has 1 aliphatic rings. The molecule has 0 saturated carbocycles. The highest BCUT2D eigenvalue weighted by Crippen LogP contribution is 2.22. The maximum absolute atomic E-state index is 11.3. The van der Waals surface area contributed by atoms with Gasteiger partial charge in [0.1, 0.15) is 5.69 Å². The Bertz CT molecular complexity index is 472. The average molecular weight is 269 g/mol. The van der Waals surface area contributed by atoms with Crippen LogP contribution in [0.25, 0.3) is 5.57 Å². The Morgan fingerprint density at radius 2 is 2.22 bits per heavy atom. The molecule has 0 atom stereocenters. The van der Waals surface area contributed by atoms with Gasteiger partial charge >= 0.3 is 5.97 Å². The van der Waals surface area contributed by atoms with Crippen LogP contribution in [-0.4, -0.2) is 31.2 Å². The number of carbonyl (C=O) groups is 1. The molecule has 0 unspecified atom stereocenters. The fourth-order valence-corrected chi connectivity index (χ4v) is 1.99. The van der Waals surface area contributed by atoms with E-state index in [-0.39, 0.29) is 18.4 Å². The first kappa shape index (κ1) is 14.7. The van der Waals surface area contributed by atoms with Crippen molar-refractivity contribution < 1.29 is 9.53 Å².